The molecule has 2 N–H and O–H groups in total. The van der Waals surface area contributed by atoms with E-state index < -0.39 is 11.8 Å². The molecule has 1 fully saturated rings. The van der Waals surface area contributed by atoms with Gasteiger partial charge < -0.3 is 20.3 Å². The number of hydrogen-bond donors (Lipinski definition) is 2. The van der Waals surface area contributed by atoms with E-state index >= 15 is 0 Å². The van der Waals surface area contributed by atoms with Crippen molar-refractivity contribution in [1.82, 2.24) is 15.2 Å². The van der Waals surface area contributed by atoms with E-state index in [0.717, 1.165) is 0 Å². The van der Waals surface area contributed by atoms with Gasteiger partial charge in [-0.2, -0.15) is 0 Å². The van der Waals surface area contributed by atoms with E-state index in [1.807, 2.05) is 0 Å². The van der Waals surface area contributed by atoms with Gasteiger partial charge in [0.2, 0.25) is 0 Å². The molecule has 0 saturated carbocycles. The molecule has 1 aromatic heterocycles. The summed E-state index contributed by atoms with van der Waals surface area (Å²) in [6, 6.07) is 2.99. The number of hydrogen-bond acceptors (Lipinski definition) is 5. The van der Waals surface area contributed by atoms with Crippen LogP contribution in [0.5, 0.6) is 0 Å². The Morgan fingerprint density at radius 3 is 2.67 bits per heavy atom. The van der Waals surface area contributed by atoms with Crippen LogP contribution in [0.15, 0.2) is 18.3 Å². The van der Waals surface area contributed by atoms with E-state index in [1.165, 1.54) is 6.20 Å². The molecule has 3 amide bonds. The Kier molecular flexibility index (Phi) is 6.36. The first-order valence-corrected chi connectivity index (χ1v) is 8.03. The van der Waals surface area contributed by atoms with Crippen molar-refractivity contribution in [2.24, 2.45) is 0 Å². The third-order valence-corrected chi connectivity index (χ3v) is 3.87. The molecule has 9 heteroatoms. The average Bonchev–Trinajstić information content (AvgIpc) is 2.57. The molecule has 1 aliphatic rings. The van der Waals surface area contributed by atoms with E-state index in [-0.39, 0.29) is 23.0 Å². The lowest BCUT2D eigenvalue weighted by molar-refractivity contribution is -0.136. The number of rotatable bonds is 3. The highest BCUT2D eigenvalue weighted by atomic mass is 35.5. The van der Waals surface area contributed by atoms with Crippen molar-refractivity contribution in [2.75, 3.05) is 25.0 Å². The normalized spacial score (nSPS) is 14.8. The molecular weight excluding hydrogens is 336 g/mol. The number of nitrogens with zero attached hydrogens (tertiary/aromatic N) is 2. The largest absolute Gasteiger partial charge is 0.450 e. The predicted molar refractivity (Wildman–Crippen MR) is 87.6 cm³/mol. The van der Waals surface area contributed by atoms with Gasteiger partial charge in [-0.1, -0.05) is 11.6 Å². The highest BCUT2D eigenvalue weighted by Crippen LogP contribution is 2.17. The molecule has 130 valence electrons. The van der Waals surface area contributed by atoms with Gasteiger partial charge in [0, 0.05) is 25.3 Å². The fourth-order valence-corrected chi connectivity index (χ4v) is 2.50. The molecule has 1 saturated heterocycles. The maximum absolute atomic E-state index is 12.0. The first-order chi connectivity index (χ1) is 11.5. The molecule has 2 heterocycles. The van der Waals surface area contributed by atoms with Gasteiger partial charge in [-0.3, -0.25) is 9.59 Å². The second-order valence-electron chi connectivity index (χ2n) is 5.23. The van der Waals surface area contributed by atoms with Crippen LogP contribution in [0.1, 0.15) is 19.8 Å². The first-order valence-electron chi connectivity index (χ1n) is 7.65. The number of likely N-dealkylation sites (tertiary alicyclic amines) is 1. The summed E-state index contributed by atoms with van der Waals surface area (Å²) in [6.45, 7) is 3.02. The van der Waals surface area contributed by atoms with Crippen molar-refractivity contribution in [1.29, 1.82) is 0 Å². The summed E-state index contributed by atoms with van der Waals surface area (Å²) < 4.78 is 4.93. The zero-order valence-corrected chi connectivity index (χ0v) is 14.0. The molecule has 1 aliphatic heterocycles. The van der Waals surface area contributed by atoms with Crippen LogP contribution in [0.4, 0.5) is 10.5 Å². The number of ether oxygens (including phenoxy) is 1. The minimum absolute atomic E-state index is 0.112. The Balaban J connectivity index is 1.80. The van der Waals surface area contributed by atoms with E-state index in [1.54, 1.807) is 24.0 Å². The topological polar surface area (TPSA) is 101 Å². The lowest BCUT2D eigenvalue weighted by Gasteiger charge is -2.31. The van der Waals surface area contributed by atoms with Crippen LogP contribution in [0.25, 0.3) is 0 Å². The van der Waals surface area contributed by atoms with Gasteiger partial charge in [-0.15, -0.1) is 0 Å². The fraction of sp³-hybridized carbons (Fsp3) is 0.467. The molecular formula is C15H19ClN4O4. The number of halogens is 1. The number of carbonyl (C=O) groups is 3. The van der Waals surface area contributed by atoms with Gasteiger partial charge in [-0.25, -0.2) is 9.78 Å². The van der Waals surface area contributed by atoms with Crippen LogP contribution in [-0.2, 0) is 14.3 Å². The first kappa shape index (κ1) is 18.0. The highest BCUT2D eigenvalue weighted by Gasteiger charge is 2.26. The van der Waals surface area contributed by atoms with Crippen LogP contribution in [0, 0.1) is 0 Å². The lowest BCUT2D eigenvalue weighted by Crippen LogP contribution is -2.49. The van der Waals surface area contributed by atoms with Crippen molar-refractivity contribution in [3.05, 3.63) is 23.5 Å². The number of piperidine rings is 1. The van der Waals surface area contributed by atoms with Crippen molar-refractivity contribution in [2.45, 2.75) is 25.8 Å². The van der Waals surface area contributed by atoms with Crippen LogP contribution in [-0.4, -0.2) is 53.5 Å². The molecule has 0 spiro atoms. The third-order valence-electron chi connectivity index (χ3n) is 3.57. The van der Waals surface area contributed by atoms with Crippen LogP contribution in [0.3, 0.4) is 0 Å². The van der Waals surface area contributed by atoms with Gasteiger partial charge >= 0.3 is 17.9 Å². The maximum atomic E-state index is 12.0. The predicted octanol–water partition coefficient (Wildman–Crippen LogP) is 1.41. The monoisotopic (exact) mass is 354 g/mol. The Labute approximate surface area is 144 Å². The van der Waals surface area contributed by atoms with Crippen LogP contribution >= 0.6 is 11.6 Å². The van der Waals surface area contributed by atoms with Gasteiger partial charge in [0.05, 0.1) is 12.3 Å². The standard InChI is InChI=1S/C15H19ClN4O4/c1-2-24-15(23)20-8-5-10(6-9-20)18-13(21)14(22)19-11-4-3-7-17-12(11)16/h3-4,7,10H,2,5-6,8-9H2,1H3,(H,18,21)(H,19,22). The summed E-state index contributed by atoms with van der Waals surface area (Å²) in [5.74, 6) is -1.55. The molecule has 8 nitrogen and oxygen atoms in total. The summed E-state index contributed by atoms with van der Waals surface area (Å²) in [4.78, 5) is 40.9. The summed E-state index contributed by atoms with van der Waals surface area (Å²) in [7, 11) is 0. The molecule has 0 radical (unpaired) electrons. The summed E-state index contributed by atoms with van der Waals surface area (Å²) >= 11 is 5.83. The van der Waals surface area contributed by atoms with E-state index in [2.05, 4.69) is 15.6 Å². The number of anilines is 1. The zero-order valence-electron chi connectivity index (χ0n) is 13.3. The Morgan fingerprint density at radius 1 is 1.33 bits per heavy atom. The van der Waals surface area contributed by atoms with Crippen molar-refractivity contribution in [3.8, 4) is 0 Å². The number of aromatic nitrogens is 1. The van der Waals surface area contributed by atoms with Crippen molar-refractivity contribution < 1.29 is 19.1 Å². The molecule has 0 unspecified atom stereocenters. The van der Waals surface area contributed by atoms with Crippen LogP contribution in [0.2, 0.25) is 5.15 Å². The maximum Gasteiger partial charge on any atom is 0.409 e. The summed E-state index contributed by atoms with van der Waals surface area (Å²) in [6.07, 6.45) is 2.25. The Morgan fingerprint density at radius 2 is 2.04 bits per heavy atom. The Hall–Kier alpha value is -2.35. The van der Waals surface area contributed by atoms with E-state index in [0.29, 0.717) is 32.5 Å². The smallest absolute Gasteiger partial charge is 0.409 e. The number of carbonyl (C=O) groups excluding carboxylic acids is 3. The molecule has 0 atom stereocenters. The SMILES string of the molecule is CCOC(=O)N1CCC(NC(=O)C(=O)Nc2cccnc2Cl)CC1. The van der Waals surface area contributed by atoms with Crippen LogP contribution < -0.4 is 10.6 Å². The third kappa shape index (κ3) is 4.82. The van der Waals surface area contributed by atoms with Gasteiger partial charge in [-0.05, 0) is 31.9 Å². The van der Waals surface area contributed by atoms with Gasteiger partial charge in [0.15, 0.2) is 5.15 Å². The molecule has 1 aromatic rings. The quantitative estimate of drug-likeness (QED) is 0.631. The van der Waals surface area contributed by atoms with E-state index in [9.17, 15) is 14.4 Å². The van der Waals surface area contributed by atoms with Crippen molar-refractivity contribution in [3.63, 3.8) is 0 Å². The molecule has 2 rings (SSSR count). The number of nitrogens with one attached hydrogen (secondary N) is 2. The second kappa shape index (κ2) is 8.49. The van der Waals surface area contributed by atoms with Crippen molar-refractivity contribution >= 4 is 35.2 Å². The molecule has 0 aliphatic carbocycles. The molecule has 0 bridgehead atoms. The summed E-state index contributed by atoms with van der Waals surface area (Å²) in [5.41, 5.74) is 0.274. The average molecular weight is 355 g/mol. The number of pyridine rings is 1. The molecule has 0 aromatic carbocycles. The fourth-order valence-electron chi connectivity index (χ4n) is 2.33. The Bertz CT molecular complexity index is 617. The molecule has 24 heavy (non-hydrogen) atoms. The zero-order chi connectivity index (χ0) is 17.5. The lowest BCUT2D eigenvalue weighted by atomic mass is 10.1. The second-order valence-corrected chi connectivity index (χ2v) is 5.59. The minimum atomic E-state index is -0.808. The highest BCUT2D eigenvalue weighted by molar-refractivity contribution is 6.41. The number of amides is 3. The van der Waals surface area contributed by atoms with Gasteiger partial charge in [0.1, 0.15) is 0 Å². The summed E-state index contributed by atoms with van der Waals surface area (Å²) in [5, 5.41) is 5.18. The minimum Gasteiger partial charge on any atom is -0.450 e. The van der Waals surface area contributed by atoms with E-state index in [4.69, 9.17) is 16.3 Å². The van der Waals surface area contributed by atoms with Gasteiger partial charge in [0.25, 0.3) is 0 Å².